The van der Waals surface area contributed by atoms with E-state index < -0.39 is 0 Å². The summed E-state index contributed by atoms with van der Waals surface area (Å²) in [5, 5.41) is 4.66. The second-order valence-electron chi connectivity index (χ2n) is 5.39. The third kappa shape index (κ3) is 3.66. The van der Waals surface area contributed by atoms with Crippen LogP contribution in [0.25, 0.3) is 0 Å². The van der Waals surface area contributed by atoms with Crippen LogP contribution >= 0.6 is 23.8 Å². The van der Waals surface area contributed by atoms with Gasteiger partial charge in [-0.2, -0.15) is 0 Å². The van der Waals surface area contributed by atoms with Crippen molar-refractivity contribution in [3.05, 3.63) is 29.3 Å². The summed E-state index contributed by atoms with van der Waals surface area (Å²) in [5.41, 5.74) is 0.915. The number of halogens is 1. The number of anilines is 1. The van der Waals surface area contributed by atoms with Crippen molar-refractivity contribution in [2.45, 2.75) is 25.0 Å². The van der Waals surface area contributed by atoms with Crippen molar-refractivity contribution >= 4 is 34.6 Å². The van der Waals surface area contributed by atoms with Crippen LogP contribution in [-0.2, 0) is 9.47 Å². The van der Waals surface area contributed by atoms with Crippen molar-refractivity contribution in [2.24, 2.45) is 0 Å². The Hall–Kier alpha value is -0.880. The van der Waals surface area contributed by atoms with Gasteiger partial charge in [0, 0.05) is 36.6 Å². The lowest BCUT2D eigenvalue weighted by molar-refractivity contribution is -0.281. The molecule has 2 saturated heterocycles. The standard InChI is InChI=1S/C15H19ClN2O2S/c16-12-3-1-4-13(11-12)17-14(21)18-7-5-15(6-8-18)19-9-2-10-20-15/h1,3-4,11H,2,5-10H2,(H,17,21). The molecule has 0 bridgehead atoms. The summed E-state index contributed by atoms with van der Waals surface area (Å²) in [6.45, 7) is 3.27. The fraction of sp³-hybridized carbons (Fsp3) is 0.533. The first kappa shape index (κ1) is 15.0. The van der Waals surface area contributed by atoms with E-state index in [4.69, 9.17) is 33.3 Å². The van der Waals surface area contributed by atoms with Gasteiger partial charge in [0.1, 0.15) is 0 Å². The van der Waals surface area contributed by atoms with E-state index in [1.54, 1.807) is 0 Å². The lowest BCUT2D eigenvalue weighted by atomic mass is 10.0. The highest BCUT2D eigenvalue weighted by Crippen LogP contribution is 2.31. The average Bonchev–Trinajstić information content (AvgIpc) is 2.49. The number of nitrogens with one attached hydrogen (secondary N) is 1. The number of likely N-dealkylation sites (tertiary alicyclic amines) is 1. The fourth-order valence-electron chi connectivity index (χ4n) is 2.72. The minimum atomic E-state index is -0.375. The van der Waals surface area contributed by atoms with Crippen LogP contribution in [0.5, 0.6) is 0 Å². The van der Waals surface area contributed by atoms with Crippen LogP contribution in [0.4, 0.5) is 5.69 Å². The van der Waals surface area contributed by atoms with Gasteiger partial charge in [-0.1, -0.05) is 17.7 Å². The lowest BCUT2D eigenvalue weighted by Gasteiger charge is -2.44. The first-order valence-corrected chi connectivity index (χ1v) is 8.05. The number of rotatable bonds is 1. The molecule has 2 aliphatic rings. The van der Waals surface area contributed by atoms with Crippen molar-refractivity contribution in [1.82, 2.24) is 4.90 Å². The molecule has 114 valence electrons. The van der Waals surface area contributed by atoms with Crippen LogP contribution in [-0.4, -0.2) is 42.1 Å². The summed E-state index contributed by atoms with van der Waals surface area (Å²) in [7, 11) is 0. The third-order valence-electron chi connectivity index (χ3n) is 3.91. The SMILES string of the molecule is S=C(Nc1cccc(Cl)c1)N1CCC2(CC1)OCCCO2. The van der Waals surface area contributed by atoms with Gasteiger partial charge in [0.15, 0.2) is 10.9 Å². The molecule has 1 aromatic carbocycles. The quantitative estimate of drug-likeness (QED) is 0.801. The highest BCUT2D eigenvalue weighted by Gasteiger charge is 2.38. The first-order chi connectivity index (χ1) is 10.2. The number of piperidine rings is 1. The molecule has 3 rings (SSSR count). The Morgan fingerprint density at radius 2 is 1.95 bits per heavy atom. The second-order valence-corrected chi connectivity index (χ2v) is 6.21. The van der Waals surface area contributed by atoms with Gasteiger partial charge in [-0.25, -0.2) is 0 Å². The monoisotopic (exact) mass is 326 g/mol. The van der Waals surface area contributed by atoms with Gasteiger partial charge in [-0.05, 0) is 36.8 Å². The number of hydrogen-bond donors (Lipinski definition) is 1. The number of thiocarbonyl (C=S) groups is 1. The van der Waals surface area contributed by atoms with Crippen molar-refractivity contribution in [3.63, 3.8) is 0 Å². The summed E-state index contributed by atoms with van der Waals surface area (Å²) in [6.07, 6.45) is 2.69. The zero-order valence-corrected chi connectivity index (χ0v) is 13.4. The molecule has 0 unspecified atom stereocenters. The summed E-state index contributed by atoms with van der Waals surface area (Å²) in [4.78, 5) is 2.16. The Kier molecular flexibility index (Phi) is 4.64. The number of nitrogens with zero attached hydrogens (tertiary/aromatic N) is 1. The van der Waals surface area contributed by atoms with E-state index in [9.17, 15) is 0 Å². The van der Waals surface area contributed by atoms with Gasteiger partial charge < -0.3 is 19.7 Å². The Labute approximate surface area is 135 Å². The molecule has 0 amide bonds. The van der Waals surface area contributed by atoms with Crippen molar-refractivity contribution in [3.8, 4) is 0 Å². The predicted octanol–water partition coefficient (Wildman–Crippen LogP) is 3.27. The Morgan fingerprint density at radius 1 is 1.24 bits per heavy atom. The maximum atomic E-state index is 5.98. The fourth-order valence-corrected chi connectivity index (χ4v) is 3.22. The maximum Gasteiger partial charge on any atom is 0.173 e. The molecule has 21 heavy (non-hydrogen) atoms. The van der Waals surface area contributed by atoms with E-state index in [1.165, 1.54) is 0 Å². The van der Waals surface area contributed by atoms with Gasteiger partial charge in [0.2, 0.25) is 0 Å². The van der Waals surface area contributed by atoms with E-state index in [1.807, 2.05) is 24.3 Å². The highest BCUT2D eigenvalue weighted by molar-refractivity contribution is 7.80. The smallest absolute Gasteiger partial charge is 0.173 e. The zero-order valence-electron chi connectivity index (χ0n) is 11.8. The van der Waals surface area contributed by atoms with E-state index in [0.717, 1.165) is 56.4 Å². The summed E-state index contributed by atoms with van der Waals surface area (Å²) in [6, 6.07) is 7.57. The van der Waals surface area contributed by atoms with E-state index in [0.29, 0.717) is 5.02 Å². The van der Waals surface area contributed by atoms with E-state index in [2.05, 4.69) is 10.2 Å². The van der Waals surface area contributed by atoms with Crippen LogP contribution in [0, 0.1) is 0 Å². The molecule has 2 heterocycles. The van der Waals surface area contributed by atoms with Crippen LogP contribution < -0.4 is 5.32 Å². The molecule has 0 aromatic heterocycles. The average molecular weight is 327 g/mol. The molecule has 1 aromatic rings. The van der Waals surface area contributed by atoms with Gasteiger partial charge >= 0.3 is 0 Å². The van der Waals surface area contributed by atoms with Crippen molar-refractivity contribution in [2.75, 3.05) is 31.6 Å². The lowest BCUT2D eigenvalue weighted by Crippen LogP contribution is -2.52. The van der Waals surface area contributed by atoms with Gasteiger partial charge in [0.05, 0.1) is 13.2 Å². The van der Waals surface area contributed by atoms with Crippen LogP contribution in [0.1, 0.15) is 19.3 Å². The predicted molar refractivity (Wildman–Crippen MR) is 87.7 cm³/mol. The number of hydrogen-bond acceptors (Lipinski definition) is 3. The van der Waals surface area contributed by atoms with Gasteiger partial charge in [0.25, 0.3) is 0 Å². The molecule has 2 fully saturated rings. The van der Waals surface area contributed by atoms with E-state index in [-0.39, 0.29) is 5.79 Å². The molecule has 4 nitrogen and oxygen atoms in total. The number of ether oxygens (including phenoxy) is 2. The first-order valence-electron chi connectivity index (χ1n) is 7.26. The molecule has 0 aliphatic carbocycles. The summed E-state index contributed by atoms with van der Waals surface area (Å²) >= 11 is 11.5. The van der Waals surface area contributed by atoms with Gasteiger partial charge in [-0.3, -0.25) is 0 Å². The van der Waals surface area contributed by atoms with Crippen LogP contribution in [0.2, 0.25) is 5.02 Å². The van der Waals surface area contributed by atoms with Crippen LogP contribution in [0.3, 0.4) is 0 Å². The molecule has 0 radical (unpaired) electrons. The molecule has 6 heteroatoms. The Balaban J connectivity index is 1.55. The second kappa shape index (κ2) is 6.48. The minimum Gasteiger partial charge on any atom is -0.350 e. The molecule has 2 aliphatic heterocycles. The van der Waals surface area contributed by atoms with E-state index >= 15 is 0 Å². The molecule has 0 saturated carbocycles. The largest absolute Gasteiger partial charge is 0.350 e. The molecular formula is C15H19ClN2O2S. The Morgan fingerprint density at radius 3 is 2.62 bits per heavy atom. The van der Waals surface area contributed by atoms with Crippen LogP contribution in [0.15, 0.2) is 24.3 Å². The maximum absolute atomic E-state index is 5.98. The minimum absolute atomic E-state index is 0.375. The topological polar surface area (TPSA) is 33.7 Å². The summed E-state index contributed by atoms with van der Waals surface area (Å²) in [5.74, 6) is -0.375. The third-order valence-corrected chi connectivity index (χ3v) is 4.50. The Bertz CT molecular complexity index is 510. The number of benzene rings is 1. The molecular weight excluding hydrogens is 308 g/mol. The normalized spacial score (nSPS) is 21.3. The van der Waals surface area contributed by atoms with Gasteiger partial charge in [-0.15, -0.1) is 0 Å². The molecule has 0 atom stereocenters. The van der Waals surface area contributed by atoms with Crippen molar-refractivity contribution in [1.29, 1.82) is 0 Å². The highest BCUT2D eigenvalue weighted by atomic mass is 35.5. The molecule has 1 N–H and O–H groups in total. The molecule has 1 spiro atoms. The summed E-state index contributed by atoms with van der Waals surface area (Å²) < 4.78 is 11.7. The zero-order chi connectivity index (χ0) is 14.7. The van der Waals surface area contributed by atoms with Crippen molar-refractivity contribution < 1.29 is 9.47 Å².